The molecule has 0 aliphatic heterocycles. The van der Waals surface area contributed by atoms with Gasteiger partial charge in [-0.3, -0.25) is 0 Å². The van der Waals surface area contributed by atoms with Crippen LogP contribution in [0.4, 0.5) is 0 Å². The fourth-order valence-corrected chi connectivity index (χ4v) is 2.02. The Balaban J connectivity index is 2.22. The smallest absolute Gasteiger partial charge is 0.214 e. The molecule has 2 rings (SSSR count). The third-order valence-corrected chi connectivity index (χ3v) is 3.30. The quantitative estimate of drug-likeness (QED) is 0.734. The van der Waals surface area contributed by atoms with Crippen LogP contribution < -0.4 is 5.73 Å². The summed E-state index contributed by atoms with van der Waals surface area (Å²) in [7, 11) is 0. The van der Waals surface area contributed by atoms with Gasteiger partial charge in [0.05, 0.1) is 17.3 Å². The van der Waals surface area contributed by atoms with Crippen molar-refractivity contribution in [1.82, 2.24) is 4.98 Å². The normalized spacial score (nSPS) is 31.9. The van der Waals surface area contributed by atoms with Crippen molar-refractivity contribution in [3.63, 3.8) is 0 Å². The average molecular weight is 210 g/mol. The van der Waals surface area contributed by atoms with Crippen molar-refractivity contribution in [2.45, 2.75) is 51.2 Å². The predicted octanol–water partition coefficient (Wildman–Crippen LogP) is 1.38. The lowest BCUT2D eigenvalue weighted by Gasteiger charge is -2.32. The van der Waals surface area contributed by atoms with E-state index in [1.807, 2.05) is 13.8 Å². The lowest BCUT2D eigenvalue weighted by molar-refractivity contribution is 0.0871. The third kappa shape index (κ3) is 1.92. The van der Waals surface area contributed by atoms with Gasteiger partial charge in [0.15, 0.2) is 0 Å². The van der Waals surface area contributed by atoms with E-state index in [0.29, 0.717) is 5.89 Å². The van der Waals surface area contributed by atoms with E-state index >= 15 is 0 Å². The number of aryl methyl sites for hydroxylation is 2. The van der Waals surface area contributed by atoms with Crippen molar-refractivity contribution in [1.29, 1.82) is 0 Å². The van der Waals surface area contributed by atoms with Gasteiger partial charge in [0.1, 0.15) is 5.76 Å². The summed E-state index contributed by atoms with van der Waals surface area (Å²) in [5.74, 6) is 1.46. The Morgan fingerprint density at radius 2 is 2.00 bits per heavy atom. The Bertz CT molecular complexity index is 332. The molecule has 0 aromatic carbocycles. The topological polar surface area (TPSA) is 72.3 Å². The van der Waals surface area contributed by atoms with Crippen LogP contribution in [0, 0.1) is 13.8 Å². The van der Waals surface area contributed by atoms with Crippen molar-refractivity contribution < 1.29 is 9.52 Å². The molecule has 1 aliphatic carbocycles. The number of aromatic nitrogens is 1. The van der Waals surface area contributed by atoms with Crippen LogP contribution in [0.1, 0.15) is 43.0 Å². The Hall–Kier alpha value is -0.870. The SMILES string of the molecule is Cc1nc(C2(N)CCC(O)CC2)oc1C. The van der Waals surface area contributed by atoms with E-state index in [9.17, 15) is 5.11 Å². The van der Waals surface area contributed by atoms with E-state index < -0.39 is 5.54 Å². The van der Waals surface area contributed by atoms with Gasteiger partial charge in [-0.1, -0.05) is 0 Å². The fraction of sp³-hybridized carbons (Fsp3) is 0.727. The van der Waals surface area contributed by atoms with Gasteiger partial charge >= 0.3 is 0 Å². The Labute approximate surface area is 89.5 Å². The van der Waals surface area contributed by atoms with Gasteiger partial charge in [-0.15, -0.1) is 0 Å². The average Bonchev–Trinajstić information content (AvgIpc) is 2.53. The minimum absolute atomic E-state index is 0.209. The monoisotopic (exact) mass is 210 g/mol. The van der Waals surface area contributed by atoms with Crippen molar-refractivity contribution in [3.8, 4) is 0 Å². The molecule has 4 nitrogen and oxygen atoms in total. The zero-order valence-corrected chi connectivity index (χ0v) is 9.29. The zero-order chi connectivity index (χ0) is 11.1. The van der Waals surface area contributed by atoms with Crippen molar-refractivity contribution >= 4 is 0 Å². The van der Waals surface area contributed by atoms with Gasteiger partial charge in [0.2, 0.25) is 5.89 Å². The third-order valence-electron chi connectivity index (χ3n) is 3.30. The molecule has 15 heavy (non-hydrogen) atoms. The van der Waals surface area contributed by atoms with Crippen LogP contribution in [0.5, 0.6) is 0 Å². The number of nitrogens with two attached hydrogens (primary N) is 1. The van der Waals surface area contributed by atoms with E-state index in [-0.39, 0.29) is 6.10 Å². The van der Waals surface area contributed by atoms with Gasteiger partial charge in [0, 0.05) is 0 Å². The lowest BCUT2D eigenvalue weighted by Crippen LogP contribution is -2.41. The summed E-state index contributed by atoms with van der Waals surface area (Å²) in [5.41, 5.74) is 6.69. The largest absolute Gasteiger partial charge is 0.444 e. The minimum Gasteiger partial charge on any atom is -0.444 e. The second kappa shape index (κ2) is 3.61. The molecule has 0 spiro atoms. The Morgan fingerprint density at radius 3 is 2.47 bits per heavy atom. The van der Waals surface area contributed by atoms with E-state index in [2.05, 4.69) is 4.98 Å². The van der Waals surface area contributed by atoms with Crippen LogP contribution in [-0.4, -0.2) is 16.2 Å². The number of rotatable bonds is 1. The highest BCUT2D eigenvalue weighted by Gasteiger charge is 2.37. The van der Waals surface area contributed by atoms with Gasteiger partial charge < -0.3 is 15.3 Å². The fourth-order valence-electron chi connectivity index (χ4n) is 2.02. The van der Waals surface area contributed by atoms with Gasteiger partial charge in [-0.25, -0.2) is 4.98 Å². The lowest BCUT2D eigenvalue weighted by atomic mass is 9.81. The van der Waals surface area contributed by atoms with Crippen molar-refractivity contribution in [2.24, 2.45) is 5.73 Å². The van der Waals surface area contributed by atoms with Gasteiger partial charge in [0.25, 0.3) is 0 Å². The summed E-state index contributed by atoms with van der Waals surface area (Å²) in [6, 6.07) is 0. The van der Waals surface area contributed by atoms with Gasteiger partial charge in [-0.05, 0) is 39.5 Å². The first-order valence-electron chi connectivity index (χ1n) is 5.43. The molecular formula is C11H18N2O2. The van der Waals surface area contributed by atoms with Crippen LogP contribution >= 0.6 is 0 Å². The molecule has 0 bridgehead atoms. The number of hydrogen-bond acceptors (Lipinski definition) is 4. The summed E-state index contributed by atoms with van der Waals surface area (Å²) < 4.78 is 5.57. The molecule has 1 saturated carbocycles. The summed E-state index contributed by atoms with van der Waals surface area (Å²) in [6.45, 7) is 3.82. The summed E-state index contributed by atoms with van der Waals surface area (Å²) in [4.78, 5) is 4.36. The van der Waals surface area contributed by atoms with Crippen LogP contribution in [0.25, 0.3) is 0 Å². The highest BCUT2D eigenvalue weighted by Crippen LogP contribution is 2.34. The van der Waals surface area contributed by atoms with Crippen molar-refractivity contribution in [3.05, 3.63) is 17.3 Å². The maximum Gasteiger partial charge on any atom is 0.214 e. The van der Waals surface area contributed by atoms with E-state index in [1.54, 1.807) is 0 Å². The summed E-state index contributed by atoms with van der Waals surface area (Å²) in [6.07, 6.45) is 2.74. The minimum atomic E-state index is -0.474. The van der Waals surface area contributed by atoms with E-state index in [1.165, 1.54) is 0 Å². The number of aliphatic hydroxyl groups is 1. The second-order valence-electron chi connectivity index (χ2n) is 4.55. The van der Waals surface area contributed by atoms with Gasteiger partial charge in [-0.2, -0.15) is 0 Å². The maximum absolute atomic E-state index is 9.44. The molecule has 0 radical (unpaired) electrons. The maximum atomic E-state index is 9.44. The molecule has 1 aliphatic rings. The van der Waals surface area contributed by atoms with Crippen LogP contribution in [0.2, 0.25) is 0 Å². The van der Waals surface area contributed by atoms with E-state index in [4.69, 9.17) is 10.2 Å². The van der Waals surface area contributed by atoms with Crippen LogP contribution in [0.15, 0.2) is 4.42 Å². The zero-order valence-electron chi connectivity index (χ0n) is 9.29. The molecular weight excluding hydrogens is 192 g/mol. The molecule has 1 fully saturated rings. The first kappa shape index (κ1) is 10.6. The summed E-state index contributed by atoms with van der Waals surface area (Å²) in [5, 5.41) is 9.44. The number of nitrogens with zero attached hydrogens (tertiary/aromatic N) is 1. The number of hydrogen-bond donors (Lipinski definition) is 2. The molecule has 4 heteroatoms. The first-order valence-corrected chi connectivity index (χ1v) is 5.43. The standard InChI is InChI=1S/C11H18N2O2/c1-7-8(2)15-10(13-7)11(12)5-3-9(14)4-6-11/h9,14H,3-6,12H2,1-2H3. The molecule has 0 amide bonds. The number of oxazole rings is 1. The molecule has 1 heterocycles. The predicted molar refractivity (Wildman–Crippen MR) is 56.3 cm³/mol. The highest BCUT2D eigenvalue weighted by atomic mass is 16.4. The van der Waals surface area contributed by atoms with Crippen LogP contribution in [0.3, 0.4) is 0 Å². The van der Waals surface area contributed by atoms with Crippen molar-refractivity contribution in [2.75, 3.05) is 0 Å². The Kier molecular flexibility index (Phi) is 2.56. The molecule has 1 aromatic heterocycles. The first-order chi connectivity index (χ1) is 7.01. The number of aliphatic hydroxyl groups excluding tert-OH is 1. The molecule has 0 unspecified atom stereocenters. The molecule has 0 atom stereocenters. The van der Waals surface area contributed by atoms with E-state index in [0.717, 1.165) is 37.1 Å². The Morgan fingerprint density at radius 1 is 1.40 bits per heavy atom. The highest BCUT2D eigenvalue weighted by molar-refractivity contribution is 5.12. The molecule has 0 saturated heterocycles. The molecule has 1 aromatic rings. The summed E-state index contributed by atoms with van der Waals surface area (Å²) >= 11 is 0. The van der Waals surface area contributed by atoms with Crippen LogP contribution in [-0.2, 0) is 5.54 Å². The molecule has 84 valence electrons. The second-order valence-corrected chi connectivity index (χ2v) is 4.55. The molecule has 3 N–H and O–H groups in total.